The Bertz CT molecular complexity index is 824. The highest BCUT2D eigenvalue weighted by molar-refractivity contribution is 7.98. The van der Waals surface area contributed by atoms with Gasteiger partial charge in [0.2, 0.25) is 0 Å². The standard InChI is InChI=1S/C20H20FNOS/c1-12-18(10-14-4-7-16(24-3)8-5-14)17-9-6-15(21)11-19(17)20(12)13(2)22-23/h4-11,13,22-23H,1-3H3. The molecule has 0 aliphatic heterocycles. The van der Waals surface area contributed by atoms with Crippen molar-refractivity contribution in [3.05, 3.63) is 70.5 Å². The van der Waals surface area contributed by atoms with Gasteiger partial charge in [-0.25, -0.2) is 4.39 Å². The largest absolute Gasteiger partial charge is 0.316 e. The molecule has 0 aromatic heterocycles. The van der Waals surface area contributed by atoms with Crippen LogP contribution in [0.4, 0.5) is 4.39 Å². The third-order valence-electron chi connectivity index (χ3n) is 4.42. The minimum absolute atomic E-state index is 0.268. The van der Waals surface area contributed by atoms with Gasteiger partial charge >= 0.3 is 0 Å². The van der Waals surface area contributed by atoms with E-state index in [4.69, 9.17) is 0 Å². The van der Waals surface area contributed by atoms with Gasteiger partial charge < -0.3 is 5.21 Å². The monoisotopic (exact) mass is 341 g/mol. The number of thioether (sulfide) groups is 1. The lowest BCUT2D eigenvalue weighted by Gasteiger charge is -2.13. The van der Waals surface area contributed by atoms with Crippen LogP contribution in [0.3, 0.4) is 0 Å². The van der Waals surface area contributed by atoms with E-state index >= 15 is 0 Å². The number of allylic oxidation sites excluding steroid dienone is 2. The molecule has 1 aliphatic carbocycles. The maximum Gasteiger partial charge on any atom is 0.123 e. The molecule has 2 nitrogen and oxygen atoms in total. The summed E-state index contributed by atoms with van der Waals surface area (Å²) in [5.41, 5.74) is 8.28. The van der Waals surface area contributed by atoms with Crippen molar-refractivity contribution in [2.75, 3.05) is 6.26 Å². The Kier molecular flexibility index (Phi) is 4.90. The Balaban J connectivity index is 2.13. The maximum atomic E-state index is 13.7. The summed E-state index contributed by atoms with van der Waals surface area (Å²) in [5, 5.41) is 9.34. The average molecular weight is 341 g/mol. The van der Waals surface area contributed by atoms with E-state index in [1.807, 2.05) is 19.9 Å². The van der Waals surface area contributed by atoms with Gasteiger partial charge in [0.1, 0.15) is 5.82 Å². The Morgan fingerprint density at radius 3 is 2.46 bits per heavy atom. The average Bonchev–Trinajstić information content (AvgIpc) is 2.86. The van der Waals surface area contributed by atoms with Crippen LogP contribution < -0.4 is 5.48 Å². The highest BCUT2D eigenvalue weighted by atomic mass is 32.2. The van der Waals surface area contributed by atoms with Gasteiger partial charge in [0.25, 0.3) is 0 Å². The Labute approximate surface area is 146 Å². The highest BCUT2D eigenvalue weighted by Crippen LogP contribution is 2.43. The summed E-state index contributed by atoms with van der Waals surface area (Å²) in [5.74, 6) is -0.269. The van der Waals surface area contributed by atoms with Gasteiger partial charge in [-0.05, 0) is 83.9 Å². The second-order valence-corrected chi connectivity index (χ2v) is 6.79. The number of halogens is 1. The summed E-state index contributed by atoms with van der Waals surface area (Å²) in [6.07, 6.45) is 4.17. The smallest absolute Gasteiger partial charge is 0.123 e. The number of hydroxylamine groups is 1. The molecule has 1 unspecified atom stereocenters. The number of hydrogen-bond acceptors (Lipinski definition) is 3. The predicted molar refractivity (Wildman–Crippen MR) is 99.5 cm³/mol. The molecule has 24 heavy (non-hydrogen) atoms. The SMILES string of the molecule is CSc1ccc(C=C2C(C)=C(C(C)NO)c3cc(F)ccc32)cc1. The summed E-state index contributed by atoms with van der Waals surface area (Å²) in [4.78, 5) is 1.22. The molecule has 0 amide bonds. The van der Waals surface area contributed by atoms with Gasteiger partial charge in [-0.1, -0.05) is 18.2 Å². The predicted octanol–water partition coefficient (Wildman–Crippen LogP) is 5.24. The molecule has 0 saturated heterocycles. The van der Waals surface area contributed by atoms with Crippen molar-refractivity contribution >= 4 is 29.0 Å². The van der Waals surface area contributed by atoms with Crippen LogP contribution in [0.15, 0.2) is 52.9 Å². The molecular formula is C20H20FNOS. The van der Waals surface area contributed by atoms with Crippen molar-refractivity contribution in [3.8, 4) is 0 Å². The molecule has 1 atom stereocenters. The normalized spacial score (nSPS) is 16.6. The van der Waals surface area contributed by atoms with E-state index in [2.05, 4.69) is 42.1 Å². The molecule has 0 heterocycles. The summed E-state index contributed by atoms with van der Waals surface area (Å²) >= 11 is 1.71. The minimum Gasteiger partial charge on any atom is -0.316 e. The van der Waals surface area contributed by atoms with Gasteiger partial charge in [-0.2, -0.15) is 5.48 Å². The van der Waals surface area contributed by atoms with Gasteiger partial charge in [-0.15, -0.1) is 11.8 Å². The third-order valence-corrected chi connectivity index (χ3v) is 5.17. The molecule has 2 aromatic carbocycles. The molecular weight excluding hydrogens is 321 g/mol. The topological polar surface area (TPSA) is 32.3 Å². The van der Waals surface area contributed by atoms with E-state index in [0.29, 0.717) is 0 Å². The molecule has 0 radical (unpaired) electrons. The third kappa shape index (κ3) is 3.05. The van der Waals surface area contributed by atoms with Crippen LogP contribution in [0.2, 0.25) is 0 Å². The molecule has 0 spiro atoms. The lowest BCUT2D eigenvalue weighted by molar-refractivity contribution is 0.152. The van der Waals surface area contributed by atoms with Crippen LogP contribution in [0, 0.1) is 5.82 Å². The number of rotatable bonds is 4. The molecule has 0 bridgehead atoms. The Morgan fingerprint density at radius 2 is 1.83 bits per heavy atom. The number of fused-ring (bicyclic) bond motifs is 1. The first kappa shape index (κ1) is 17.0. The molecule has 0 fully saturated rings. The first-order valence-electron chi connectivity index (χ1n) is 7.82. The number of benzene rings is 2. The van der Waals surface area contributed by atoms with E-state index in [1.54, 1.807) is 17.8 Å². The van der Waals surface area contributed by atoms with Crippen molar-refractivity contribution in [2.24, 2.45) is 0 Å². The second kappa shape index (κ2) is 6.93. The van der Waals surface area contributed by atoms with Gasteiger partial charge in [0, 0.05) is 4.90 Å². The van der Waals surface area contributed by atoms with Crippen LogP contribution in [-0.2, 0) is 0 Å². The first-order valence-corrected chi connectivity index (χ1v) is 9.04. The fourth-order valence-electron chi connectivity index (χ4n) is 3.20. The van der Waals surface area contributed by atoms with Gasteiger partial charge in [0.15, 0.2) is 0 Å². The van der Waals surface area contributed by atoms with E-state index in [9.17, 15) is 9.60 Å². The molecule has 0 saturated carbocycles. The van der Waals surface area contributed by atoms with Crippen LogP contribution in [0.1, 0.15) is 30.5 Å². The summed E-state index contributed by atoms with van der Waals surface area (Å²) in [7, 11) is 0. The Morgan fingerprint density at radius 1 is 1.12 bits per heavy atom. The molecule has 2 N–H and O–H groups in total. The van der Waals surface area contributed by atoms with E-state index in [0.717, 1.165) is 33.4 Å². The van der Waals surface area contributed by atoms with Crippen LogP contribution in [-0.4, -0.2) is 17.5 Å². The first-order chi connectivity index (χ1) is 11.5. The van der Waals surface area contributed by atoms with Gasteiger partial charge in [0.05, 0.1) is 6.04 Å². The number of nitrogens with one attached hydrogen (secondary N) is 1. The quantitative estimate of drug-likeness (QED) is 0.589. The highest BCUT2D eigenvalue weighted by Gasteiger charge is 2.27. The summed E-state index contributed by atoms with van der Waals surface area (Å²) in [6.45, 7) is 3.88. The van der Waals surface area contributed by atoms with Crippen LogP contribution in [0.25, 0.3) is 17.2 Å². The van der Waals surface area contributed by atoms with Crippen LogP contribution in [0.5, 0.6) is 0 Å². The van der Waals surface area contributed by atoms with E-state index < -0.39 is 0 Å². The van der Waals surface area contributed by atoms with E-state index in [-0.39, 0.29) is 11.9 Å². The van der Waals surface area contributed by atoms with Crippen molar-refractivity contribution in [3.63, 3.8) is 0 Å². The molecule has 2 aromatic rings. The minimum atomic E-state index is -0.269. The lowest BCUT2D eigenvalue weighted by Crippen LogP contribution is -2.23. The van der Waals surface area contributed by atoms with E-state index in [1.165, 1.54) is 11.0 Å². The fourth-order valence-corrected chi connectivity index (χ4v) is 3.61. The maximum absolute atomic E-state index is 13.7. The van der Waals surface area contributed by atoms with Crippen molar-refractivity contribution in [1.29, 1.82) is 0 Å². The van der Waals surface area contributed by atoms with Crippen LogP contribution >= 0.6 is 11.8 Å². The van der Waals surface area contributed by atoms with Crippen molar-refractivity contribution < 1.29 is 9.60 Å². The zero-order chi connectivity index (χ0) is 17.3. The van der Waals surface area contributed by atoms with Crippen molar-refractivity contribution in [1.82, 2.24) is 5.48 Å². The zero-order valence-corrected chi connectivity index (χ0v) is 14.7. The van der Waals surface area contributed by atoms with Gasteiger partial charge in [-0.3, -0.25) is 0 Å². The second-order valence-electron chi connectivity index (χ2n) is 5.91. The molecule has 4 heteroatoms. The molecule has 1 aliphatic rings. The Hall–Kier alpha value is -1.88. The fraction of sp³-hybridized carbons (Fsp3) is 0.200. The summed E-state index contributed by atoms with van der Waals surface area (Å²) < 4.78 is 13.7. The zero-order valence-electron chi connectivity index (χ0n) is 13.9. The molecule has 3 rings (SSSR count). The molecule has 124 valence electrons. The van der Waals surface area contributed by atoms with Crippen molar-refractivity contribution in [2.45, 2.75) is 24.8 Å². The summed E-state index contributed by atoms with van der Waals surface area (Å²) in [6, 6.07) is 12.9. The lowest BCUT2D eigenvalue weighted by atomic mass is 10.00. The number of hydrogen-bond donors (Lipinski definition) is 2.